The number of carbonyl (C=O) groups is 1. The van der Waals surface area contributed by atoms with Crippen molar-refractivity contribution in [2.45, 2.75) is 0 Å². The molecule has 0 aliphatic carbocycles. The minimum atomic E-state index is -0.889. The molecule has 0 saturated heterocycles. The topological polar surface area (TPSA) is 49.3 Å². The maximum Gasteiger partial charge on any atom is 0.335 e. The average Bonchev–Trinajstić information content (AvgIpc) is 2.93. The van der Waals surface area contributed by atoms with Gasteiger partial charge in [-0.1, -0.05) is 42.5 Å². The fraction of sp³-hybridized carbons (Fsp3) is 0. The van der Waals surface area contributed by atoms with Gasteiger partial charge in [-0.25, -0.2) is 4.79 Å². The van der Waals surface area contributed by atoms with E-state index in [1.165, 1.54) is 5.39 Å². The van der Waals surface area contributed by atoms with Crippen molar-refractivity contribution in [3.8, 4) is 0 Å². The van der Waals surface area contributed by atoms with Crippen LogP contribution in [0, 0.1) is 0 Å². The van der Waals surface area contributed by atoms with E-state index in [0.717, 1.165) is 16.2 Å². The third-order valence-corrected chi connectivity index (χ3v) is 3.67. The zero-order valence-corrected chi connectivity index (χ0v) is 13.0. The minimum Gasteiger partial charge on any atom is -0.478 e. The molecule has 3 aromatic rings. The predicted molar refractivity (Wildman–Crippen MR) is 99.0 cm³/mol. The molecule has 1 heterocycles. The first-order valence-electron chi connectivity index (χ1n) is 7.64. The second-order valence-electron chi connectivity index (χ2n) is 5.34. The number of nitrogens with one attached hydrogen (secondary N) is 1. The van der Waals surface area contributed by atoms with Crippen molar-refractivity contribution in [2.24, 2.45) is 0 Å². The number of allylic oxidation sites excluding steroid dienone is 4. The van der Waals surface area contributed by atoms with Gasteiger partial charge in [-0.2, -0.15) is 0 Å². The van der Waals surface area contributed by atoms with Crippen LogP contribution in [0.25, 0.3) is 21.5 Å². The number of carboxylic acid groups (broad SMARTS) is 1. The van der Waals surface area contributed by atoms with Crippen LogP contribution in [0.4, 0.5) is 0 Å². The molecule has 0 aromatic heterocycles. The predicted octanol–water partition coefficient (Wildman–Crippen LogP) is 4.86. The molecule has 0 fully saturated rings. The largest absolute Gasteiger partial charge is 0.478 e. The Kier molecular flexibility index (Phi) is 4.73. The second-order valence-corrected chi connectivity index (χ2v) is 5.34. The highest BCUT2D eigenvalue weighted by atomic mass is 16.4. The van der Waals surface area contributed by atoms with Crippen LogP contribution in [0.3, 0.4) is 0 Å². The lowest BCUT2D eigenvalue weighted by Crippen LogP contribution is -1.95. The maximum absolute atomic E-state index is 10.9. The summed E-state index contributed by atoms with van der Waals surface area (Å²) in [7, 11) is 0. The third-order valence-electron chi connectivity index (χ3n) is 3.67. The molecular formula is C21H17NO2. The van der Waals surface area contributed by atoms with Gasteiger partial charge < -0.3 is 10.4 Å². The first-order chi connectivity index (χ1) is 11.7. The molecule has 0 saturated carbocycles. The molecule has 1 aliphatic rings. The molecular weight excluding hydrogens is 298 g/mol. The highest BCUT2D eigenvalue weighted by Gasteiger charge is 2.04. The Morgan fingerprint density at radius 3 is 1.92 bits per heavy atom. The van der Waals surface area contributed by atoms with Crippen LogP contribution in [-0.2, 0) is 0 Å². The number of fused-ring (bicyclic) bond motifs is 2. The summed E-state index contributed by atoms with van der Waals surface area (Å²) in [5.74, 6) is -0.889. The Balaban J connectivity index is 0.000000203. The SMILES string of the molecule is C1=CC=CNC=C1.O=C(O)c1ccc2cc3ccccc3cc2c1. The van der Waals surface area contributed by atoms with E-state index in [0.29, 0.717) is 5.56 Å². The van der Waals surface area contributed by atoms with Gasteiger partial charge in [0.15, 0.2) is 0 Å². The van der Waals surface area contributed by atoms with E-state index in [-0.39, 0.29) is 0 Å². The highest BCUT2D eigenvalue weighted by molar-refractivity contribution is 6.01. The normalized spacial score (nSPS) is 12.3. The summed E-state index contributed by atoms with van der Waals surface area (Å²) in [6.07, 6.45) is 11.6. The molecule has 1 aliphatic heterocycles. The number of carboxylic acids is 1. The lowest BCUT2D eigenvalue weighted by atomic mass is 10.0. The molecule has 4 rings (SSSR count). The van der Waals surface area contributed by atoms with Gasteiger partial charge in [0.25, 0.3) is 0 Å². The summed E-state index contributed by atoms with van der Waals surface area (Å²) >= 11 is 0. The quantitative estimate of drug-likeness (QED) is 0.630. The summed E-state index contributed by atoms with van der Waals surface area (Å²) in [6, 6.07) is 17.4. The van der Waals surface area contributed by atoms with Crippen LogP contribution in [0.15, 0.2) is 91.3 Å². The fourth-order valence-electron chi connectivity index (χ4n) is 2.48. The van der Waals surface area contributed by atoms with Gasteiger partial charge in [-0.05, 0) is 58.0 Å². The first-order valence-corrected chi connectivity index (χ1v) is 7.64. The fourth-order valence-corrected chi connectivity index (χ4v) is 2.48. The second kappa shape index (κ2) is 7.29. The van der Waals surface area contributed by atoms with E-state index in [9.17, 15) is 4.79 Å². The Labute approximate surface area is 140 Å². The molecule has 0 unspecified atom stereocenters. The molecule has 3 nitrogen and oxygen atoms in total. The summed E-state index contributed by atoms with van der Waals surface area (Å²) in [5.41, 5.74) is 0.327. The number of hydrogen-bond acceptors (Lipinski definition) is 2. The van der Waals surface area contributed by atoms with Crippen molar-refractivity contribution in [1.29, 1.82) is 0 Å². The van der Waals surface area contributed by atoms with Crippen molar-refractivity contribution in [2.75, 3.05) is 0 Å². The van der Waals surface area contributed by atoms with Gasteiger partial charge in [0.05, 0.1) is 5.56 Å². The molecule has 118 valence electrons. The van der Waals surface area contributed by atoms with Crippen LogP contribution < -0.4 is 5.32 Å². The van der Waals surface area contributed by atoms with E-state index in [2.05, 4.69) is 17.4 Å². The van der Waals surface area contributed by atoms with Crippen LogP contribution in [-0.4, -0.2) is 11.1 Å². The van der Waals surface area contributed by atoms with Crippen molar-refractivity contribution < 1.29 is 9.90 Å². The molecule has 0 bridgehead atoms. The molecule has 3 aromatic carbocycles. The summed E-state index contributed by atoms with van der Waals surface area (Å²) in [4.78, 5) is 10.9. The molecule has 0 radical (unpaired) electrons. The van der Waals surface area contributed by atoms with Crippen molar-refractivity contribution >= 4 is 27.5 Å². The van der Waals surface area contributed by atoms with E-state index < -0.39 is 5.97 Å². The van der Waals surface area contributed by atoms with Gasteiger partial charge in [0.1, 0.15) is 0 Å². The van der Waals surface area contributed by atoms with E-state index in [4.69, 9.17) is 5.11 Å². The van der Waals surface area contributed by atoms with E-state index in [1.807, 2.05) is 67.0 Å². The Hall–Kier alpha value is -3.33. The van der Waals surface area contributed by atoms with Crippen molar-refractivity contribution in [1.82, 2.24) is 5.32 Å². The van der Waals surface area contributed by atoms with Crippen LogP contribution >= 0.6 is 0 Å². The van der Waals surface area contributed by atoms with Crippen LogP contribution in [0.5, 0.6) is 0 Å². The van der Waals surface area contributed by atoms with E-state index >= 15 is 0 Å². The Bertz CT molecular complexity index is 954. The van der Waals surface area contributed by atoms with Crippen LogP contribution in [0.1, 0.15) is 10.4 Å². The molecule has 3 heteroatoms. The first kappa shape index (κ1) is 15.6. The Morgan fingerprint density at radius 2 is 1.29 bits per heavy atom. The summed E-state index contributed by atoms with van der Waals surface area (Å²) in [5, 5.41) is 16.2. The zero-order chi connectivity index (χ0) is 16.8. The van der Waals surface area contributed by atoms with Gasteiger partial charge in [0.2, 0.25) is 0 Å². The van der Waals surface area contributed by atoms with E-state index in [1.54, 1.807) is 12.1 Å². The number of rotatable bonds is 1. The van der Waals surface area contributed by atoms with Crippen molar-refractivity contribution in [3.63, 3.8) is 0 Å². The van der Waals surface area contributed by atoms with Crippen molar-refractivity contribution in [3.05, 3.63) is 96.9 Å². The molecule has 2 N–H and O–H groups in total. The molecule has 0 atom stereocenters. The van der Waals surface area contributed by atoms with Gasteiger partial charge in [-0.3, -0.25) is 0 Å². The zero-order valence-electron chi connectivity index (χ0n) is 13.0. The van der Waals surface area contributed by atoms with Gasteiger partial charge >= 0.3 is 5.97 Å². The Morgan fingerprint density at radius 1 is 0.708 bits per heavy atom. The lowest BCUT2D eigenvalue weighted by Gasteiger charge is -2.03. The molecule has 0 spiro atoms. The monoisotopic (exact) mass is 315 g/mol. The summed E-state index contributed by atoms with van der Waals surface area (Å²) in [6.45, 7) is 0. The smallest absolute Gasteiger partial charge is 0.335 e. The summed E-state index contributed by atoms with van der Waals surface area (Å²) < 4.78 is 0. The number of hydrogen-bond donors (Lipinski definition) is 2. The maximum atomic E-state index is 10.9. The lowest BCUT2D eigenvalue weighted by molar-refractivity contribution is 0.0697. The standard InChI is InChI=1S/C15H10O2.C6H7N/c16-15(17)13-6-5-12-7-10-3-1-2-4-11(10)8-14(12)9-13;1-2-4-6-7-5-3-1/h1-9H,(H,16,17);1-7H. The third kappa shape index (κ3) is 3.70. The molecule has 0 amide bonds. The average molecular weight is 315 g/mol. The minimum absolute atomic E-state index is 0.327. The van der Waals surface area contributed by atoms with Gasteiger partial charge in [-0.15, -0.1) is 0 Å². The number of aromatic carboxylic acids is 1. The van der Waals surface area contributed by atoms with Gasteiger partial charge in [0, 0.05) is 12.4 Å². The number of benzene rings is 3. The van der Waals surface area contributed by atoms with Crippen LogP contribution in [0.2, 0.25) is 0 Å². The molecule has 24 heavy (non-hydrogen) atoms. The highest BCUT2D eigenvalue weighted by Crippen LogP contribution is 2.23.